The second kappa shape index (κ2) is 16.9. The third kappa shape index (κ3) is 12.6. The van der Waals surface area contributed by atoms with Gasteiger partial charge in [-0.3, -0.25) is 19.4 Å². The molecule has 4 atom stereocenters. The van der Waals surface area contributed by atoms with Crippen LogP contribution in [-0.2, 0) is 19.2 Å². The SMILES string of the molecule is CC(C)C(NC(=O)C(CS)NC(=O)C(N)CCCN=C(N)N)C(=O)NC(CCCCN)C(=O)O. The minimum Gasteiger partial charge on any atom is -0.480 e. The number of carbonyl (C=O) groups is 4. The lowest BCUT2D eigenvalue weighted by atomic mass is 10.0. The van der Waals surface area contributed by atoms with Crippen LogP contribution in [0.5, 0.6) is 0 Å². The molecule has 0 aromatic rings. The number of guanidine groups is 1. The maximum atomic E-state index is 12.7. The van der Waals surface area contributed by atoms with Gasteiger partial charge < -0.3 is 44.0 Å². The molecular weight excluding hydrogens is 464 g/mol. The molecule has 0 aliphatic heterocycles. The third-order valence-corrected chi connectivity index (χ3v) is 5.29. The number of hydrogen-bond acceptors (Lipinski definition) is 8. The highest BCUT2D eigenvalue weighted by molar-refractivity contribution is 7.80. The van der Waals surface area contributed by atoms with Gasteiger partial charge in [0.2, 0.25) is 17.7 Å². The van der Waals surface area contributed by atoms with E-state index in [1.54, 1.807) is 13.8 Å². The largest absolute Gasteiger partial charge is 0.480 e. The molecule has 0 rings (SSSR count). The summed E-state index contributed by atoms with van der Waals surface area (Å²) in [4.78, 5) is 53.1. The monoisotopic (exact) mass is 504 g/mol. The number of thiol groups is 1. The molecule has 0 aromatic carbocycles. The lowest BCUT2D eigenvalue weighted by molar-refractivity contribution is -0.142. The van der Waals surface area contributed by atoms with E-state index in [2.05, 4.69) is 33.6 Å². The predicted molar refractivity (Wildman–Crippen MR) is 133 cm³/mol. The normalized spacial score (nSPS) is 14.4. The number of hydrogen-bond donors (Lipinski definition) is 9. The van der Waals surface area contributed by atoms with Crippen LogP contribution in [0, 0.1) is 5.92 Å². The highest BCUT2D eigenvalue weighted by Crippen LogP contribution is 2.07. The van der Waals surface area contributed by atoms with Gasteiger partial charge >= 0.3 is 5.97 Å². The van der Waals surface area contributed by atoms with Gasteiger partial charge in [0.25, 0.3) is 0 Å². The number of rotatable bonds is 17. The molecular formula is C20H40N8O5S. The van der Waals surface area contributed by atoms with Crippen LogP contribution in [0.2, 0.25) is 0 Å². The Kier molecular flexibility index (Phi) is 15.7. The van der Waals surface area contributed by atoms with Crippen molar-refractivity contribution in [1.82, 2.24) is 16.0 Å². The van der Waals surface area contributed by atoms with Crippen LogP contribution in [-0.4, -0.2) is 77.8 Å². The summed E-state index contributed by atoms with van der Waals surface area (Å²) in [5.41, 5.74) is 21.8. The van der Waals surface area contributed by atoms with Crippen molar-refractivity contribution in [2.24, 2.45) is 33.8 Å². The Morgan fingerprint density at radius 2 is 1.53 bits per heavy atom. The minimum atomic E-state index is -1.17. The van der Waals surface area contributed by atoms with Gasteiger partial charge in [-0.05, 0) is 44.6 Å². The molecule has 0 fully saturated rings. The second-order valence-corrected chi connectivity index (χ2v) is 8.58. The topological polar surface area (TPSA) is 241 Å². The van der Waals surface area contributed by atoms with Crippen LogP contribution in [0.3, 0.4) is 0 Å². The maximum absolute atomic E-state index is 12.7. The Bertz CT molecular complexity index is 702. The molecule has 34 heavy (non-hydrogen) atoms. The first-order chi connectivity index (χ1) is 15.9. The molecule has 0 heterocycles. The van der Waals surface area contributed by atoms with Crippen LogP contribution >= 0.6 is 12.6 Å². The van der Waals surface area contributed by atoms with Crippen LogP contribution in [0.1, 0.15) is 46.0 Å². The molecule has 0 radical (unpaired) electrons. The molecule has 0 aromatic heterocycles. The van der Waals surface area contributed by atoms with E-state index in [9.17, 15) is 24.3 Å². The van der Waals surface area contributed by atoms with Gasteiger partial charge in [-0.25, -0.2) is 4.79 Å². The van der Waals surface area contributed by atoms with Crippen molar-refractivity contribution in [1.29, 1.82) is 0 Å². The molecule has 0 saturated carbocycles. The molecule has 0 spiro atoms. The Balaban J connectivity index is 5.02. The highest BCUT2D eigenvalue weighted by atomic mass is 32.1. The number of carboxylic acids is 1. The zero-order valence-electron chi connectivity index (χ0n) is 19.8. The molecule has 0 aliphatic carbocycles. The van der Waals surface area contributed by atoms with Gasteiger partial charge in [-0.2, -0.15) is 12.6 Å². The fourth-order valence-electron chi connectivity index (χ4n) is 2.92. The van der Waals surface area contributed by atoms with Gasteiger partial charge in [0.1, 0.15) is 18.1 Å². The molecule has 3 amide bonds. The average molecular weight is 505 g/mol. The van der Waals surface area contributed by atoms with E-state index in [-0.39, 0.29) is 24.1 Å². The van der Waals surface area contributed by atoms with Gasteiger partial charge in [0, 0.05) is 12.3 Å². The van der Waals surface area contributed by atoms with Crippen LogP contribution in [0.4, 0.5) is 0 Å². The summed E-state index contributed by atoms with van der Waals surface area (Å²) in [5.74, 6) is -3.45. The number of nitrogens with two attached hydrogens (primary N) is 4. The van der Waals surface area contributed by atoms with Crippen LogP contribution in [0.25, 0.3) is 0 Å². The number of aliphatic imine (C=N–C) groups is 1. The zero-order valence-corrected chi connectivity index (χ0v) is 20.7. The Morgan fingerprint density at radius 3 is 2.03 bits per heavy atom. The van der Waals surface area contributed by atoms with Crippen molar-refractivity contribution >= 4 is 42.3 Å². The van der Waals surface area contributed by atoms with Crippen molar-refractivity contribution in [3.8, 4) is 0 Å². The molecule has 4 unspecified atom stereocenters. The van der Waals surface area contributed by atoms with Crippen LogP contribution < -0.4 is 38.9 Å². The lowest BCUT2D eigenvalue weighted by Crippen LogP contribution is -2.58. The predicted octanol–water partition coefficient (Wildman–Crippen LogP) is -2.38. The summed E-state index contributed by atoms with van der Waals surface area (Å²) >= 11 is 4.11. The first-order valence-corrected chi connectivity index (χ1v) is 11.8. The fourth-order valence-corrected chi connectivity index (χ4v) is 3.18. The summed E-state index contributed by atoms with van der Waals surface area (Å²) in [7, 11) is 0. The highest BCUT2D eigenvalue weighted by Gasteiger charge is 2.31. The number of carbonyl (C=O) groups excluding carboxylic acids is 3. The summed E-state index contributed by atoms with van der Waals surface area (Å²) in [6, 6.07) is -4.06. The van der Waals surface area contributed by atoms with Gasteiger partial charge in [0.05, 0.1) is 6.04 Å². The Morgan fingerprint density at radius 1 is 0.912 bits per heavy atom. The summed E-state index contributed by atoms with van der Waals surface area (Å²) in [6.07, 6.45) is 2.14. The van der Waals surface area contributed by atoms with Crippen molar-refractivity contribution in [3.63, 3.8) is 0 Å². The molecule has 0 aliphatic rings. The number of carboxylic acid groups (broad SMARTS) is 1. The molecule has 14 heteroatoms. The van der Waals surface area contributed by atoms with E-state index in [1.165, 1.54) is 0 Å². The van der Waals surface area contributed by atoms with E-state index >= 15 is 0 Å². The Hall–Kier alpha value is -2.58. The Labute approximate surface area is 205 Å². The van der Waals surface area contributed by atoms with E-state index in [1.807, 2.05) is 0 Å². The first-order valence-electron chi connectivity index (χ1n) is 11.2. The minimum absolute atomic E-state index is 0.0401. The molecule has 12 N–H and O–H groups in total. The van der Waals surface area contributed by atoms with Crippen LogP contribution in [0.15, 0.2) is 4.99 Å². The number of nitrogens with zero attached hydrogens (tertiary/aromatic N) is 1. The fraction of sp³-hybridized carbons (Fsp3) is 0.750. The van der Waals surface area contributed by atoms with E-state index in [0.717, 1.165) is 0 Å². The molecule has 13 nitrogen and oxygen atoms in total. The summed E-state index contributed by atoms with van der Waals surface area (Å²) in [6.45, 7) is 4.14. The molecule has 196 valence electrons. The van der Waals surface area contributed by atoms with Crippen molar-refractivity contribution in [2.45, 2.75) is 70.1 Å². The zero-order chi connectivity index (χ0) is 26.3. The second-order valence-electron chi connectivity index (χ2n) is 8.21. The van der Waals surface area contributed by atoms with E-state index in [0.29, 0.717) is 38.8 Å². The average Bonchev–Trinajstić information content (AvgIpc) is 2.76. The van der Waals surface area contributed by atoms with Crippen molar-refractivity contribution in [3.05, 3.63) is 0 Å². The van der Waals surface area contributed by atoms with Crippen molar-refractivity contribution in [2.75, 3.05) is 18.8 Å². The van der Waals surface area contributed by atoms with E-state index < -0.39 is 47.9 Å². The standard InChI is InChI=1S/C20H40N8O5S/c1-11(2)15(18(31)26-13(19(32)33)7-3-4-8-21)28-17(30)14(10-34)27-16(29)12(22)6-5-9-25-20(23)24/h11-15,34H,3-10,21-22H2,1-2H3,(H,26,31)(H,27,29)(H,28,30)(H,32,33)(H4,23,24,25). The van der Waals surface area contributed by atoms with Gasteiger partial charge in [-0.1, -0.05) is 13.8 Å². The third-order valence-electron chi connectivity index (χ3n) is 4.93. The number of aliphatic carboxylic acids is 1. The number of unbranched alkanes of at least 4 members (excludes halogenated alkanes) is 1. The molecule has 0 bridgehead atoms. The van der Waals surface area contributed by atoms with Crippen molar-refractivity contribution < 1.29 is 24.3 Å². The maximum Gasteiger partial charge on any atom is 0.326 e. The van der Waals surface area contributed by atoms with E-state index in [4.69, 9.17) is 22.9 Å². The van der Waals surface area contributed by atoms with Gasteiger partial charge in [0.15, 0.2) is 5.96 Å². The van der Waals surface area contributed by atoms with Gasteiger partial charge in [-0.15, -0.1) is 0 Å². The summed E-state index contributed by atoms with van der Waals surface area (Å²) in [5, 5.41) is 16.9. The first kappa shape index (κ1) is 31.4. The smallest absolute Gasteiger partial charge is 0.326 e. The number of nitrogens with one attached hydrogen (secondary N) is 3. The lowest BCUT2D eigenvalue weighted by Gasteiger charge is -2.26. The number of amides is 3. The summed E-state index contributed by atoms with van der Waals surface area (Å²) < 4.78 is 0. The quantitative estimate of drug-likeness (QED) is 0.0444. The molecule has 0 saturated heterocycles.